The number of allylic oxidation sites excluding steroid dienone is 4. The lowest BCUT2D eigenvalue weighted by Crippen LogP contribution is -2.71. The van der Waals surface area contributed by atoms with Crippen molar-refractivity contribution in [2.75, 3.05) is 0 Å². The van der Waals surface area contributed by atoms with E-state index in [0.29, 0.717) is 0 Å². The molecule has 0 atom stereocenters. The summed E-state index contributed by atoms with van der Waals surface area (Å²) in [6.07, 6.45) is 18.5. The van der Waals surface area contributed by atoms with Crippen molar-refractivity contribution in [2.24, 2.45) is 0 Å². The summed E-state index contributed by atoms with van der Waals surface area (Å²) in [7, 11) is 0. The first-order chi connectivity index (χ1) is 30.1. The molecule has 0 radical (unpaired) electrons. The van der Waals surface area contributed by atoms with Gasteiger partial charge in [0.25, 0.3) is 0 Å². The number of hydrogen-bond donors (Lipinski definition) is 0. The molecule has 4 aromatic carbocycles. The van der Waals surface area contributed by atoms with Crippen molar-refractivity contribution in [2.45, 2.75) is 85.0 Å². The minimum Gasteiger partial charge on any atom is -0.198 e. The van der Waals surface area contributed by atoms with Gasteiger partial charge in [0.2, 0.25) is 22.8 Å². The molecule has 0 aliphatic carbocycles. The minimum atomic E-state index is -0.779. The lowest BCUT2D eigenvalue weighted by Gasteiger charge is -2.41. The smallest absolute Gasteiger partial charge is 0.198 e. The van der Waals surface area contributed by atoms with E-state index in [4.69, 9.17) is 0 Å². The molecular formula is C57H52N4+2. The molecule has 4 nitrogen and oxygen atoms in total. The zero-order valence-electron chi connectivity index (χ0n) is 35.8. The normalized spacial score (nSPS) is 17.0. The highest BCUT2D eigenvalue weighted by molar-refractivity contribution is 6.29. The fraction of sp³-hybridized carbons (Fsp3) is 0.228. The van der Waals surface area contributed by atoms with Crippen molar-refractivity contribution < 1.29 is 9.15 Å². The number of aromatic nitrogens is 2. The summed E-state index contributed by atoms with van der Waals surface area (Å²) in [5.74, 6) is -0.779. The van der Waals surface area contributed by atoms with Crippen molar-refractivity contribution in [1.82, 2.24) is 9.13 Å². The molecule has 1 spiro atoms. The molecule has 0 amide bonds. The van der Waals surface area contributed by atoms with Gasteiger partial charge in [-0.1, -0.05) is 160 Å². The Morgan fingerprint density at radius 3 is 1.02 bits per heavy atom. The molecule has 0 saturated carbocycles. The van der Waals surface area contributed by atoms with E-state index in [1.165, 1.54) is 112 Å². The third kappa shape index (κ3) is 4.93. The summed E-state index contributed by atoms with van der Waals surface area (Å²) in [6, 6.07) is 47.3. The Kier molecular flexibility index (Phi) is 8.19. The van der Waals surface area contributed by atoms with E-state index < -0.39 is 5.91 Å². The van der Waals surface area contributed by atoms with E-state index >= 15 is 0 Å². The van der Waals surface area contributed by atoms with Gasteiger partial charge in [-0.05, 0) is 94.5 Å². The van der Waals surface area contributed by atoms with E-state index in [0.717, 1.165) is 51.4 Å². The van der Waals surface area contributed by atoms with Gasteiger partial charge in [0.15, 0.2) is 0 Å². The maximum atomic E-state index is 2.71. The zero-order valence-corrected chi connectivity index (χ0v) is 35.8. The quantitative estimate of drug-likeness (QED) is 0.110. The highest BCUT2D eigenvalue weighted by Gasteiger charge is 2.72. The van der Waals surface area contributed by atoms with Crippen LogP contribution in [0.2, 0.25) is 0 Å². The third-order valence-electron chi connectivity index (χ3n) is 13.9. The number of nitrogens with zero attached hydrogens (tertiary/aromatic N) is 4. The van der Waals surface area contributed by atoms with Gasteiger partial charge < -0.3 is 0 Å². The molecule has 12 rings (SSSR count). The van der Waals surface area contributed by atoms with Crippen molar-refractivity contribution in [1.29, 1.82) is 0 Å². The second-order valence-electron chi connectivity index (χ2n) is 17.6. The lowest BCUT2D eigenvalue weighted by atomic mass is 9.92. The Labute approximate surface area is 359 Å². The lowest BCUT2D eigenvalue weighted by molar-refractivity contribution is -0.834. The van der Waals surface area contributed by atoms with E-state index in [1.54, 1.807) is 0 Å². The van der Waals surface area contributed by atoms with Crippen LogP contribution in [0.1, 0.15) is 109 Å². The summed E-state index contributed by atoms with van der Waals surface area (Å²) in [6.45, 7) is 9.06. The predicted molar refractivity (Wildman–Crippen MR) is 249 cm³/mol. The topological polar surface area (TPSA) is 15.9 Å². The summed E-state index contributed by atoms with van der Waals surface area (Å²) in [5.41, 5.74) is 23.1. The average molecular weight is 793 g/mol. The van der Waals surface area contributed by atoms with Crippen LogP contribution in [0.4, 0.5) is 0 Å². The molecule has 6 aromatic rings. The predicted octanol–water partition coefficient (Wildman–Crippen LogP) is 10.2. The van der Waals surface area contributed by atoms with Gasteiger partial charge in [0, 0.05) is 24.3 Å². The molecule has 6 aliphatic rings. The summed E-state index contributed by atoms with van der Waals surface area (Å²) >= 11 is 0. The monoisotopic (exact) mass is 792 g/mol. The van der Waals surface area contributed by atoms with E-state index in [-0.39, 0.29) is 0 Å². The number of aryl methyl sites for hydroxylation is 4. The second-order valence-corrected chi connectivity index (χ2v) is 17.6. The van der Waals surface area contributed by atoms with Crippen LogP contribution in [-0.2, 0) is 31.6 Å². The van der Waals surface area contributed by atoms with Crippen LogP contribution in [0.25, 0.3) is 22.3 Å². The molecular weight excluding hydrogens is 741 g/mol. The Balaban J connectivity index is 1.23. The number of benzene rings is 4. The van der Waals surface area contributed by atoms with Crippen LogP contribution < -0.4 is 10.7 Å². The molecule has 0 N–H and O–H groups in total. The third-order valence-corrected chi connectivity index (χ3v) is 13.9. The molecule has 2 aromatic heterocycles. The maximum Gasteiger partial charge on any atom is 0.553 e. The highest BCUT2D eigenvalue weighted by atomic mass is 15.6. The van der Waals surface area contributed by atoms with Crippen molar-refractivity contribution >= 4 is 33.7 Å². The van der Waals surface area contributed by atoms with E-state index in [2.05, 4.69) is 192 Å². The first kappa shape index (κ1) is 36.3. The standard InChI is InChI=1S/C57H52N4/c1-5-9-37-13-21-41(22-14-37)53-45-29-31-47-54(42-23-15-38(10-6-2)16-24-42)49-33-35-51-56(44-27-19-40(12-8-4)20-28-44)52-36-34-50-55(43-25-17-39(11-7-3)18-26-43)48-32-30-46(53)59(48)57(58(45)47,60(49)51)61(50)52/h13-36H,5-12H2,1-4H3/q+2. The first-order valence-electron chi connectivity index (χ1n) is 22.9. The van der Waals surface area contributed by atoms with Gasteiger partial charge in [0.1, 0.15) is 0 Å². The fourth-order valence-corrected chi connectivity index (χ4v) is 11.4. The molecule has 0 bridgehead atoms. The molecule has 61 heavy (non-hydrogen) atoms. The molecule has 298 valence electrons. The molecule has 0 fully saturated rings. The van der Waals surface area contributed by atoms with Gasteiger partial charge in [-0.25, -0.2) is 0 Å². The minimum absolute atomic E-state index is 0.779. The van der Waals surface area contributed by atoms with Crippen LogP contribution in [0.3, 0.4) is 0 Å². The molecule has 6 aliphatic heterocycles. The van der Waals surface area contributed by atoms with Gasteiger partial charge in [0.05, 0.1) is 44.4 Å². The Bertz CT molecular complexity index is 2960. The maximum absolute atomic E-state index is 2.71. The van der Waals surface area contributed by atoms with Gasteiger partial charge >= 0.3 is 5.91 Å². The van der Waals surface area contributed by atoms with Crippen LogP contribution in [0.15, 0.2) is 157 Å². The van der Waals surface area contributed by atoms with Crippen LogP contribution in [0, 0.1) is 0 Å². The molecule has 4 heteroatoms. The van der Waals surface area contributed by atoms with Crippen LogP contribution in [-0.4, -0.2) is 29.7 Å². The van der Waals surface area contributed by atoms with Crippen molar-refractivity contribution in [3.05, 3.63) is 224 Å². The SMILES string of the molecule is CCCc1ccc(C2=C3C=CC4=[N+]3C35n6c2ccc6C(c2ccc(CCC)cc2)=C2C=CC(=[N+]23)C(c2ccc(CCC)cc2)=c2ccc(n25)=C4c2ccc(CCC)cc2)cc1. The van der Waals surface area contributed by atoms with Crippen LogP contribution >= 0.6 is 0 Å². The first-order valence-corrected chi connectivity index (χ1v) is 22.9. The van der Waals surface area contributed by atoms with E-state index in [1.807, 2.05) is 0 Å². The molecule has 0 saturated heterocycles. The Morgan fingerprint density at radius 1 is 0.361 bits per heavy atom. The van der Waals surface area contributed by atoms with Crippen molar-refractivity contribution in [3.63, 3.8) is 0 Å². The van der Waals surface area contributed by atoms with Gasteiger partial charge in [-0.2, -0.15) is 9.13 Å². The Morgan fingerprint density at radius 2 is 0.689 bits per heavy atom. The summed E-state index contributed by atoms with van der Waals surface area (Å²) in [5, 5.41) is 2.48. The van der Waals surface area contributed by atoms with Crippen molar-refractivity contribution in [3.8, 4) is 0 Å². The molecule has 0 unspecified atom stereocenters. The summed E-state index contributed by atoms with van der Waals surface area (Å²) in [4.78, 5) is 0. The second kappa shape index (κ2) is 13.8. The number of rotatable bonds is 12. The molecule has 8 heterocycles. The number of hydrogen-bond acceptors (Lipinski definition) is 0. The van der Waals surface area contributed by atoms with Gasteiger partial charge in [-0.15, -0.1) is 0 Å². The van der Waals surface area contributed by atoms with Crippen LogP contribution in [0.5, 0.6) is 0 Å². The van der Waals surface area contributed by atoms with E-state index in [9.17, 15) is 0 Å². The summed E-state index contributed by atoms with van der Waals surface area (Å²) < 4.78 is 10.8. The fourth-order valence-electron chi connectivity index (χ4n) is 11.4. The van der Waals surface area contributed by atoms with Gasteiger partial charge in [-0.3, -0.25) is 0 Å². The average Bonchev–Trinajstić information content (AvgIpc) is 4.12. The Hall–Kier alpha value is -6.52. The zero-order chi connectivity index (χ0) is 41.0. The highest BCUT2D eigenvalue weighted by Crippen LogP contribution is 2.53. The largest absolute Gasteiger partial charge is 0.553 e.